The van der Waals surface area contributed by atoms with Crippen molar-refractivity contribution in [3.05, 3.63) is 102 Å². The molecule has 0 atom stereocenters. The first kappa shape index (κ1) is 17.4. The van der Waals surface area contributed by atoms with Gasteiger partial charge < -0.3 is 0 Å². The molecule has 0 aliphatic carbocycles. The molecule has 0 unspecified atom stereocenters. The normalized spacial score (nSPS) is 11.6. The van der Waals surface area contributed by atoms with Crippen LogP contribution in [0.2, 0.25) is 0 Å². The molecule has 0 aromatic heterocycles. The molecule has 3 rings (SSSR count). The van der Waals surface area contributed by atoms with Gasteiger partial charge in [-0.05, 0) is 30.2 Å². The molecule has 4 heteroatoms. The molecule has 0 bridgehead atoms. The number of hydrogen-bond acceptors (Lipinski definition) is 2. The Morgan fingerprint density at radius 3 is 1.72 bits per heavy atom. The summed E-state index contributed by atoms with van der Waals surface area (Å²) in [7, 11) is -3.54. The minimum absolute atomic E-state index is 0.0392. The zero-order valence-corrected chi connectivity index (χ0v) is 14.9. The van der Waals surface area contributed by atoms with Crippen LogP contribution in [0.1, 0.15) is 22.6 Å². The molecule has 0 spiro atoms. The highest BCUT2D eigenvalue weighted by Gasteiger charge is 2.19. The molecule has 1 N–H and O–H groups in total. The first-order valence-corrected chi connectivity index (χ1v) is 9.71. The molecule has 0 fully saturated rings. The molecule has 3 nitrogen and oxygen atoms in total. The topological polar surface area (TPSA) is 46.2 Å². The lowest BCUT2D eigenvalue weighted by Crippen LogP contribution is -2.29. The second-order valence-electron chi connectivity index (χ2n) is 6.04. The monoisotopic (exact) mass is 351 g/mol. The molecule has 0 aliphatic heterocycles. The molecule has 0 saturated heterocycles. The Morgan fingerprint density at radius 1 is 0.760 bits per heavy atom. The lowest BCUT2D eigenvalue weighted by atomic mass is 9.92. The molecule has 0 saturated carbocycles. The Balaban J connectivity index is 1.85. The lowest BCUT2D eigenvalue weighted by molar-refractivity contribution is 0.577. The summed E-state index contributed by atoms with van der Waals surface area (Å²) >= 11 is 0. The van der Waals surface area contributed by atoms with Crippen LogP contribution < -0.4 is 4.72 Å². The third-order valence-electron chi connectivity index (χ3n) is 4.21. The van der Waals surface area contributed by atoms with Crippen LogP contribution in [0.25, 0.3) is 0 Å². The average Bonchev–Trinajstić information content (AvgIpc) is 2.64. The Labute approximate surface area is 149 Å². The lowest BCUT2D eigenvalue weighted by Gasteiger charge is -2.19. The number of benzene rings is 3. The number of nitrogens with one attached hydrogen (secondary N) is 1. The molecular weight excluding hydrogens is 330 g/mol. The average molecular weight is 351 g/mol. The SMILES string of the molecule is Cc1ccc(S(=O)(=O)NCC(c2ccccc2)c2ccccc2)cc1. The van der Waals surface area contributed by atoms with Crippen LogP contribution in [0.3, 0.4) is 0 Å². The second kappa shape index (κ2) is 7.64. The minimum Gasteiger partial charge on any atom is -0.210 e. The fraction of sp³-hybridized carbons (Fsp3) is 0.143. The standard InChI is InChI=1S/C21H21NO2S/c1-17-12-14-20(15-13-17)25(23,24)22-16-21(18-8-4-2-5-9-18)19-10-6-3-7-11-19/h2-15,21-22H,16H2,1H3. The first-order valence-electron chi connectivity index (χ1n) is 8.22. The van der Waals surface area contributed by atoms with Crippen molar-refractivity contribution in [2.24, 2.45) is 0 Å². The molecule has 0 radical (unpaired) electrons. The zero-order valence-electron chi connectivity index (χ0n) is 14.1. The van der Waals surface area contributed by atoms with Crippen molar-refractivity contribution in [3.8, 4) is 0 Å². The van der Waals surface area contributed by atoms with E-state index in [1.807, 2.05) is 67.6 Å². The molecular formula is C21H21NO2S. The number of rotatable bonds is 6. The summed E-state index contributed by atoms with van der Waals surface area (Å²) in [5, 5.41) is 0. The maximum atomic E-state index is 12.6. The predicted octanol–water partition coefficient (Wildman–Crippen LogP) is 4.11. The van der Waals surface area contributed by atoms with Crippen molar-refractivity contribution >= 4 is 10.0 Å². The summed E-state index contributed by atoms with van der Waals surface area (Å²) in [6.45, 7) is 2.24. The number of sulfonamides is 1. The summed E-state index contributed by atoms with van der Waals surface area (Å²) in [5.41, 5.74) is 3.20. The second-order valence-corrected chi connectivity index (χ2v) is 7.81. The van der Waals surface area contributed by atoms with Crippen molar-refractivity contribution in [2.75, 3.05) is 6.54 Å². The summed E-state index contributed by atoms with van der Waals surface area (Å²) in [6.07, 6.45) is 0. The number of hydrogen-bond donors (Lipinski definition) is 1. The fourth-order valence-electron chi connectivity index (χ4n) is 2.79. The van der Waals surface area contributed by atoms with Gasteiger partial charge in [0.05, 0.1) is 4.90 Å². The molecule has 0 heterocycles. The molecule has 3 aromatic rings. The first-order chi connectivity index (χ1) is 12.1. The van der Waals surface area contributed by atoms with Crippen molar-refractivity contribution in [2.45, 2.75) is 17.7 Å². The Bertz CT molecular complexity index is 866. The van der Waals surface area contributed by atoms with Gasteiger partial charge in [0.2, 0.25) is 10.0 Å². The van der Waals surface area contributed by atoms with Crippen LogP contribution in [0.4, 0.5) is 0 Å². The van der Waals surface area contributed by atoms with Gasteiger partial charge in [0, 0.05) is 12.5 Å². The van der Waals surface area contributed by atoms with E-state index in [1.165, 1.54) is 0 Å². The van der Waals surface area contributed by atoms with E-state index in [2.05, 4.69) is 4.72 Å². The highest BCUT2D eigenvalue weighted by Crippen LogP contribution is 2.24. The van der Waals surface area contributed by atoms with Gasteiger partial charge in [0.25, 0.3) is 0 Å². The third-order valence-corrected chi connectivity index (χ3v) is 5.65. The van der Waals surface area contributed by atoms with Gasteiger partial charge in [0.1, 0.15) is 0 Å². The van der Waals surface area contributed by atoms with Gasteiger partial charge in [0.15, 0.2) is 0 Å². The van der Waals surface area contributed by atoms with Gasteiger partial charge in [-0.2, -0.15) is 0 Å². The maximum Gasteiger partial charge on any atom is 0.240 e. The van der Waals surface area contributed by atoms with E-state index in [-0.39, 0.29) is 10.8 Å². The smallest absolute Gasteiger partial charge is 0.210 e. The van der Waals surface area contributed by atoms with Crippen molar-refractivity contribution in [1.82, 2.24) is 4.72 Å². The molecule has 128 valence electrons. The van der Waals surface area contributed by atoms with Gasteiger partial charge in [-0.3, -0.25) is 0 Å². The van der Waals surface area contributed by atoms with Crippen molar-refractivity contribution in [1.29, 1.82) is 0 Å². The summed E-state index contributed by atoms with van der Waals surface area (Å²) in [6, 6.07) is 26.8. The van der Waals surface area contributed by atoms with E-state index in [4.69, 9.17) is 0 Å². The number of aryl methyl sites for hydroxylation is 1. The van der Waals surface area contributed by atoms with E-state index in [0.717, 1.165) is 16.7 Å². The molecule has 3 aromatic carbocycles. The van der Waals surface area contributed by atoms with Gasteiger partial charge >= 0.3 is 0 Å². The van der Waals surface area contributed by atoms with Crippen LogP contribution in [0.5, 0.6) is 0 Å². The molecule has 0 amide bonds. The van der Waals surface area contributed by atoms with Crippen molar-refractivity contribution in [3.63, 3.8) is 0 Å². The largest absolute Gasteiger partial charge is 0.240 e. The van der Waals surface area contributed by atoms with E-state index < -0.39 is 10.0 Å². The molecule has 0 aliphatic rings. The Kier molecular flexibility index (Phi) is 5.31. The van der Waals surface area contributed by atoms with Crippen LogP contribution in [-0.2, 0) is 10.0 Å². The Hall–Kier alpha value is -2.43. The highest BCUT2D eigenvalue weighted by molar-refractivity contribution is 7.89. The van der Waals surface area contributed by atoms with Gasteiger partial charge in [-0.15, -0.1) is 0 Å². The van der Waals surface area contributed by atoms with Crippen LogP contribution >= 0.6 is 0 Å². The highest BCUT2D eigenvalue weighted by atomic mass is 32.2. The predicted molar refractivity (Wildman–Crippen MR) is 101 cm³/mol. The van der Waals surface area contributed by atoms with E-state index in [1.54, 1.807) is 24.3 Å². The van der Waals surface area contributed by atoms with Gasteiger partial charge in [-0.1, -0.05) is 78.4 Å². The Morgan fingerprint density at radius 2 is 1.24 bits per heavy atom. The summed E-state index contributed by atoms with van der Waals surface area (Å²) < 4.78 is 28.0. The summed E-state index contributed by atoms with van der Waals surface area (Å²) in [4.78, 5) is 0.290. The van der Waals surface area contributed by atoms with Crippen LogP contribution in [-0.4, -0.2) is 15.0 Å². The maximum absolute atomic E-state index is 12.6. The van der Waals surface area contributed by atoms with E-state index in [0.29, 0.717) is 6.54 Å². The van der Waals surface area contributed by atoms with E-state index >= 15 is 0 Å². The van der Waals surface area contributed by atoms with E-state index in [9.17, 15) is 8.42 Å². The van der Waals surface area contributed by atoms with Gasteiger partial charge in [-0.25, -0.2) is 13.1 Å². The molecule has 25 heavy (non-hydrogen) atoms. The summed E-state index contributed by atoms with van der Waals surface area (Å²) in [5.74, 6) is -0.0392. The van der Waals surface area contributed by atoms with Crippen molar-refractivity contribution < 1.29 is 8.42 Å². The quantitative estimate of drug-likeness (QED) is 0.726. The van der Waals surface area contributed by atoms with Crippen LogP contribution in [0.15, 0.2) is 89.8 Å². The van der Waals surface area contributed by atoms with Crippen LogP contribution in [0, 0.1) is 6.92 Å². The zero-order chi connectivity index (χ0) is 17.7. The fourth-order valence-corrected chi connectivity index (χ4v) is 3.84. The minimum atomic E-state index is -3.54. The third kappa shape index (κ3) is 4.35.